The van der Waals surface area contributed by atoms with Crippen LogP contribution in [0.25, 0.3) is 10.8 Å². The number of hydrogen-bond donors (Lipinski definition) is 2. The highest BCUT2D eigenvalue weighted by atomic mass is 16.2. The van der Waals surface area contributed by atoms with Gasteiger partial charge in [0, 0.05) is 29.9 Å². The molecule has 0 radical (unpaired) electrons. The summed E-state index contributed by atoms with van der Waals surface area (Å²) in [7, 11) is 0. The number of nitrogens with zero attached hydrogens (tertiary/aromatic N) is 1. The van der Waals surface area contributed by atoms with Gasteiger partial charge in [0.2, 0.25) is 5.91 Å². The monoisotopic (exact) mass is 305 g/mol. The van der Waals surface area contributed by atoms with Gasteiger partial charge in [-0.3, -0.25) is 14.6 Å². The molecule has 5 heteroatoms. The maximum absolute atomic E-state index is 12.4. The van der Waals surface area contributed by atoms with Gasteiger partial charge in [0.05, 0.1) is 0 Å². The summed E-state index contributed by atoms with van der Waals surface area (Å²) < 4.78 is 0. The molecule has 0 unspecified atom stereocenters. The van der Waals surface area contributed by atoms with E-state index in [1.165, 1.54) is 6.92 Å². The van der Waals surface area contributed by atoms with Crippen LogP contribution in [-0.4, -0.2) is 16.8 Å². The summed E-state index contributed by atoms with van der Waals surface area (Å²) in [4.78, 5) is 27.6. The molecule has 3 aromatic rings. The standard InChI is InChI=1S/C18H15N3O2/c1-12(22)20-14-6-8-15(9-7-14)21-18(23)17-16-5-3-2-4-13(16)10-11-19-17/h2-11H,1H3,(H,20,22)(H,21,23). The van der Waals surface area contributed by atoms with E-state index in [0.29, 0.717) is 17.1 Å². The van der Waals surface area contributed by atoms with Crippen LogP contribution in [0.3, 0.4) is 0 Å². The number of aromatic nitrogens is 1. The van der Waals surface area contributed by atoms with Gasteiger partial charge in [-0.25, -0.2) is 0 Å². The van der Waals surface area contributed by atoms with E-state index in [1.54, 1.807) is 30.5 Å². The number of carbonyl (C=O) groups excluding carboxylic acids is 2. The molecule has 0 saturated heterocycles. The second-order valence-electron chi connectivity index (χ2n) is 5.09. The van der Waals surface area contributed by atoms with Crippen molar-refractivity contribution < 1.29 is 9.59 Å². The van der Waals surface area contributed by atoms with Gasteiger partial charge in [-0.1, -0.05) is 24.3 Å². The first-order chi connectivity index (χ1) is 11.1. The zero-order valence-corrected chi connectivity index (χ0v) is 12.5. The number of nitrogens with one attached hydrogen (secondary N) is 2. The number of hydrogen-bond acceptors (Lipinski definition) is 3. The van der Waals surface area contributed by atoms with Gasteiger partial charge < -0.3 is 10.6 Å². The van der Waals surface area contributed by atoms with E-state index in [2.05, 4.69) is 15.6 Å². The van der Waals surface area contributed by atoms with Gasteiger partial charge in [-0.2, -0.15) is 0 Å². The first-order valence-electron chi connectivity index (χ1n) is 7.16. The predicted octanol–water partition coefficient (Wildman–Crippen LogP) is 3.45. The molecule has 1 heterocycles. The number of anilines is 2. The Hall–Kier alpha value is -3.21. The van der Waals surface area contributed by atoms with E-state index in [4.69, 9.17) is 0 Å². The molecule has 0 aliphatic carbocycles. The van der Waals surface area contributed by atoms with Crippen LogP contribution in [0.1, 0.15) is 17.4 Å². The number of rotatable bonds is 3. The number of carbonyl (C=O) groups is 2. The molecule has 3 rings (SSSR count). The molecule has 0 saturated carbocycles. The molecular formula is C18H15N3O2. The van der Waals surface area contributed by atoms with Crippen molar-refractivity contribution in [1.82, 2.24) is 4.98 Å². The highest BCUT2D eigenvalue weighted by Gasteiger charge is 2.11. The van der Waals surface area contributed by atoms with Crippen LogP contribution in [-0.2, 0) is 4.79 Å². The van der Waals surface area contributed by atoms with Crippen molar-refractivity contribution in [2.24, 2.45) is 0 Å². The molecule has 114 valence electrons. The maximum atomic E-state index is 12.4. The fourth-order valence-electron chi connectivity index (χ4n) is 2.33. The van der Waals surface area contributed by atoms with Crippen molar-refractivity contribution in [2.45, 2.75) is 6.92 Å². The maximum Gasteiger partial charge on any atom is 0.274 e. The van der Waals surface area contributed by atoms with E-state index < -0.39 is 0 Å². The van der Waals surface area contributed by atoms with E-state index in [-0.39, 0.29) is 11.8 Å². The molecular weight excluding hydrogens is 290 g/mol. The molecule has 1 aromatic heterocycles. The van der Waals surface area contributed by atoms with E-state index in [0.717, 1.165) is 10.8 Å². The van der Waals surface area contributed by atoms with Crippen LogP contribution in [0.2, 0.25) is 0 Å². The Labute approximate surface area is 133 Å². The summed E-state index contributed by atoms with van der Waals surface area (Å²) in [6.45, 7) is 1.45. The Kier molecular flexibility index (Phi) is 4.01. The summed E-state index contributed by atoms with van der Waals surface area (Å²) in [5.74, 6) is -0.407. The lowest BCUT2D eigenvalue weighted by atomic mass is 10.1. The van der Waals surface area contributed by atoms with Crippen LogP contribution in [0.5, 0.6) is 0 Å². The predicted molar refractivity (Wildman–Crippen MR) is 90.4 cm³/mol. The Morgan fingerprint density at radius 1 is 0.870 bits per heavy atom. The minimum Gasteiger partial charge on any atom is -0.326 e. The zero-order chi connectivity index (χ0) is 16.2. The number of amides is 2. The molecule has 5 nitrogen and oxygen atoms in total. The summed E-state index contributed by atoms with van der Waals surface area (Å²) in [5.41, 5.74) is 1.70. The van der Waals surface area contributed by atoms with Crippen LogP contribution in [0.15, 0.2) is 60.8 Å². The summed E-state index contributed by atoms with van der Waals surface area (Å²) in [6, 6.07) is 16.4. The highest BCUT2D eigenvalue weighted by Crippen LogP contribution is 2.19. The normalized spacial score (nSPS) is 10.3. The van der Waals surface area contributed by atoms with Crippen LogP contribution in [0.4, 0.5) is 11.4 Å². The van der Waals surface area contributed by atoms with Crippen molar-refractivity contribution in [3.8, 4) is 0 Å². The van der Waals surface area contributed by atoms with Gasteiger partial charge >= 0.3 is 0 Å². The van der Waals surface area contributed by atoms with Crippen LogP contribution >= 0.6 is 0 Å². The topological polar surface area (TPSA) is 71.1 Å². The summed E-state index contributed by atoms with van der Waals surface area (Å²) >= 11 is 0. The number of fused-ring (bicyclic) bond motifs is 1. The lowest BCUT2D eigenvalue weighted by Gasteiger charge is -2.08. The Morgan fingerprint density at radius 3 is 2.22 bits per heavy atom. The zero-order valence-electron chi connectivity index (χ0n) is 12.5. The Balaban J connectivity index is 1.82. The molecule has 23 heavy (non-hydrogen) atoms. The third-order valence-electron chi connectivity index (χ3n) is 3.35. The minimum atomic E-state index is -0.269. The molecule has 2 aromatic carbocycles. The largest absolute Gasteiger partial charge is 0.326 e. The fraction of sp³-hybridized carbons (Fsp3) is 0.0556. The third-order valence-corrected chi connectivity index (χ3v) is 3.35. The van der Waals surface area contributed by atoms with Gasteiger partial charge in [0.1, 0.15) is 5.69 Å². The smallest absolute Gasteiger partial charge is 0.274 e. The highest BCUT2D eigenvalue weighted by molar-refractivity contribution is 6.11. The Bertz CT molecular complexity index is 868. The van der Waals surface area contributed by atoms with E-state index in [1.807, 2.05) is 30.3 Å². The van der Waals surface area contributed by atoms with Crippen molar-refractivity contribution in [2.75, 3.05) is 10.6 Å². The first kappa shape index (κ1) is 14.7. The lowest BCUT2D eigenvalue weighted by molar-refractivity contribution is -0.114. The SMILES string of the molecule is CC(=O)Nc1ccc(NC(=O)c2nccc3ccccc23)cc1. The van der Waals surface area contributed by atoms with Gasteiger partial charge in [0.25, 0.3) is 5.91 Å². The van der Waals surface area contributed by atoms with Crippen LogP contribution in [0, 0.1) is 0 Å². The number of pyridine rings is 1. The van der Waals surface area contributed by atoms with Gasteiger partial charge in [-0.15, -0.1) is 0 Å². The quantitative estimate of drug-likeness (QED) is 0.778. The molecule has 2 N–H and O–H groups in total. The third kappa shape index (κ3) is 3.35. The van der Waals surface area contributed by atoms with Gasteiger partial charge in [0.15, 0.2) is 0 Å². The van der Waals surface area contributed by atoms with Crippen LogP contribution < -0.4 is 10.6 Å². The average molecular weight is 305 g/mol. The second kappa shape index (κ2) is 6.27. The fourth-order valence-corrected chi connectivity index (χ4v) is 2.33. The molecule has 0 bridgehead atoms. The molecule has 0 atom stereocenters. The van der Waals surface area contributed by atoms with Crippen molar-refractivity contribution in [1.29, 1.82) is 0 Å². The Morgan fingerprint density at radius 2 is 1.52 bits per heavy atom. The number of benzene rings is 2. The van der Waals surface area contributed by atoms with E-state index in [9.17, 15) is 9.59 Å². The summed E-state index contributed by atoms with van der Waals surface area (Å²) in [6.07, 6.45) is 1.62. The molecule has 2 amide bonds. The van der Waals surface area contributed by atoms with Crippen molar-refractivity contribution >= 4 is 34.0 Å². The molecule has 0 aliphatic heterocycles. The summed E-state index contributed by atoms with van der Waals surface area (Å²) in [5, 5.41) is 7.27. The minimum absolute atomic E-state index is 0.137. The average Bonchev–Trinajstić information content (AvgIpc) is 2.55. The molecule has 0 spiro atoms. The van der Waals surface area contributed by atoms with E-state index >= 15 is 0 Å². The second-order valence-corrected chi connectivity index (χ2v) is 5.09. The van der Waals surface area contributed by atoms with Crippen molar-refractivity contribution in [3.05, 3.63) is 66.5 Å². The molecule has 0 aliphatic rings. The van der Waals surface area contributed by atoms with Gasteiger partial charge in [-0.05, 0) is 35.7 Å². The van der Waals surface area contributed by atoms with Crippen molar-refractivity contribution in [3.63, 3.8) is 0 Å². The first-order valence-corrected chi connectivity index (χ1v) is 7.16. The lowest BCUT2D eigenvalue weighted by Crippen LogP contribution is -2.14. The molecule has 0 fully saturated rings.